The summed E-state index contributed by atoms with van der Waals surface area (Å²) in [6, 6.07) is 14.9. The summed E-state index contributed by atoms with van der Waals surface area (Å²) < 4.78 is 5.55. The van der Waals surface area contributed by atoms with Gasteiger partial charge in [0, 0.05) is 17.3 Å². The van der Waals surface area contributed by atoms with Crippen molar-refractivity contribution in [3.63, 3.8) is 0 Å². The molecule has 0 aliphatic rings. The molecular weight excluding hydrogens is 340 g/mol. The Labute approximate surface area is 161 Å². The number of rotatable bonds is 8. The molecular formula is C22H28N2O3. The Balaban J connectivity index is 1.87. The third-order valence-corrected chi connectivity index (χ3v) is 4.37. The Kier molecular flexibility index (Phi) is 7.41. The minimum Gasteiger partial charge on any atom is -0.484 e. The van der Waals surface area contributed by atoms with Crippen molar-refractivity contribution < 1.29 is 14.3 Å². The normalized spacial score (nSPS) is 11.7. The van der Waals surface area contributed by atoms with Gasteiger partial charge in [0.1, 0.15) is 5.75 Å². The van der Waals surface area contributed by atoms with Crippen molar-refractivity contribution in [3.05, 3.63) is 54.1 Å². The van der Waals surface area contributed by atoms with Crippen LogP contribution in [-0.2, 0) is 9.59 Å². The summed E-state index contributed by atoms with van der Waals surface area (Å²) in [5.74, 6) is 0.736. The van der Waals surface area contributed by atoms with E-state index < -0.39 is 0 Å². The second kappa shape index (κ2) is 9.76. The lowest BCUT2D eigenvalue weighted by Crippen LogP contribution is -2.21. The lowest BCUT2D eigenvalue weighted by atomic mass is 9.99. The van der Waals surface area contributed by atoms with Crippen LogP contribution in [0.1, 0.15) is 45.6 Å². The molecule has 2 aromatic rings. The molecule has 0 radical (unpaired) electrons. The first-order chi connectivity index (χ1) is 12.9. The molecule has 2 rings (SSSR count). The predicted octanol–water partition coefficient (Wildman–Crippen LogP) is 4.81. The van der Waals surface area contributed by atoms with Crippen molar-refractivity contribution in [2.24, 2.45) is 5.92 Å². The molecule has 0 aliphatic carbocycles. The largest absolute Gasteiger partial charge is 0.484 e. The molecule has 5 nitrogen and oxygen atoms in total. The SMILES string of the molecule is CCC(C)c1ccc(OCC(=O)Nc2cccc(NC(=O)C(C)C)c2)cc1. The number of ether oxygens (including phenoxy) is 1. The zero-order valence-electron chi connectivity index (χ0n) is 16.4. The lowest BCUT2D eigenvalue weighted by Gasteiger charge is -2.12. The fourth-order valence-electron chi connectivity index (χ4n) is 2.44. The molecule has 0 aliphatic heterocycles. The molecule has 2 aromatic carbocycles. The van der Waals surface area contributed by atoms with Crippen LogP contribution in [0.4, 0.5) is 11.4 Å². The predicted molar refractivity (Wildman–Crippen MR) is 109 cm³/mol. The summed E-state index contributed by atoms with van der Waals surface area (Å²) >= 11 is 0. The maximum Gasteiger partial charge on any atom is 0.262 e. The van der Waals surface area contributed by atoms with E-state index in [0.29, 0.717) is 23.0 Å². The highest BCUT2D eigenvalue weighted by atomic mass is 16.5. The van der Waals surface area contributed by atoms with Crippen LogP contribution in [0, 0.1) is 5.92 Å². The highest BCUT2D eigenvalue weighted by molar-refractivity contribution is 5.95. The molecule has 1 atom stereocenters. The number of carbonyl (C=O) groups excluding carboxylic acids is 2. The third kappa shape index (κ3) is 6.44. The molecule has 0 spiro atoms. The molecule has 0 fully saturated rings. The molecule has 1 unspecified atom stereocenters. The quantitative estimate of drug-likeness (QED) is 0.702. The van der Waals surface area contributed by atoms with Crippen molar-refractivity contribution in [2.45, 2.75) is 40.0 Å². The average molecular weight is 368 g/mol. The topological polar surface area (TPSA) is 67.4 Å². The molecule has 0 saturated carbocycles. The number of hydrogen-bond donors (Lipinski definition) is 2. The Morgan fingerprint density at radius 1 is 0.963 bits per heavy atom. The highest BCUT2D eigenvalue weighted by Crippen LogP contribution is 2.21. The first-order valence-electron chi connectivity index (χ1n) is 9.32. The number of nitrogens with one attached hydrogen (secondary N) is 2. The number of hydrogen-bond acceptors (Lipinski definition) is 3. The van der Waals surface area contributed by atoms with Gasteiger partial charge in [-0.05, 0) is 48.2 Å². The van der Waals surface area contributed by atoms with Crippen LogP contribution in [0.5, 0.6) is 5.75 Å². The molecule has 27 heavy (non-hydrogen) atoms. The van der Waals surface area contributed by atoms with Gasteiger partial charge in [0.2, 0.25) is 5.91 Å². The van der Waals surface area contributed by atoms with Gasteiger partial charge < -0.3 is 15.4 Å². The average Bonchev–Trinajstić information content (AvgIpc) is 2.66. The van der Waals surface area contributed by atoms with Gasteiger partial charge in [-0.15, -0.1) is 0 Å². The zero-order valence-corrected chi connectivity index (χ0v) is 16.4. The first-order valence-corrected chi connectivity index (χ1v) is 9.32. The second-order valence-electron chi connectivity index (χ2n) is 6.94. The van der Waals surface area contributed by atoms with Crippen molar-refractivity contribution in [3.8, 4) is 5.75 Å². The van der Waals surface area contributed by atoms with Crippen molar-refractivity contribution in [1.29, 1.82) is 0 Å². The third-order valence-electron chi connectivity index (χ3n) is 4.37. The van der Waals surface area contributed by atoms with E-state index in [1.54, 1.807) is 24.3 Å². The molecule has 0 aromatic heterocycles. The van der Waals surface area contributed by atoms with Gasteiger partial charge in [-0.3, -0.25) is 9.59 Å². The number of amides is 2. The van der Waals surface area contributed by atoms with Crippen molar-refractivity contribution in [1.82, 2.24) is 0 Å². The summed E-state index contributed by atoms with van der Waals surface area (Å²) in [6.07, 6.45) is 1.08. The molecule has 0 heterocycles. The second-order valence-corrected chi connectivity index (χ2v) is 6.94. The standard InChI is InChI=1S/C22H28N2O3/c1-5-16(4)17-9-11-20(12-10-17)27-14-21(25)23-18-7-6-8-19(13-18)24-22(26)15(2)3/h6-13,15-16H,5,14H2,1-4H3,(H,23,25)(H,24,26). The maximum absolute atomic E-state index is 12.1. The fraction of sp³-hybridized carbons (Fsp3) is 0.364. The van der Waals surface area contributed by atoms with Crippen LogP contribution in [-0.4, -0.2) is 18.4 Å². The summed E-state index contributed by atoms with van der Waals surface area (Å²) in [5.41, 5.74) is 2.51. The Hall–Kier alpha value is -2.82. The van der Waals surface area contributed by atoms with Gasteiger partial charge in [-0.25, -0.2) is 0 Å². The first kappa shape index (κ1) is 20.5. The molecule has 0 bridgehead atoms. The Bertz CT molecular complexity index is 769. The monoisotopic (exact) mass is 368 g/mol. The van der Waals surface area contributed by atoms with Crippen molar-refractivity contribution >= 4 is 23.2 Å². The highest BCUT2D eigenvalue weighted by Gasteiger charge is 2.09. The minimum atomic E-state index is -0.256. The van der Waals surface area contributed by atoms with E-state index in [2.05, 4.69) is 24.5 Å². The van der Waals surface area contributed by atoms with E-state index in [4.69, 9.17) is 4.74 Å². The van der Waals surface area contributed by atoms with E-state index in [1.807, 2.05) is 38.1 Å². The molecule has 2 amide bonds. The van der Waals surface area contributed by atoms with Crippen LogP contribution in [0.3, 0.4) is 0 Å². The number of benzene rings is 2. The van der Waals surface area contributed by atoms with E-state index in [-0.39, 0.29) is 24.3 Å². The van der Waals surface area contributed by atoms with Gasteiger partial charge in [-0.2, -0.15) is 0 Å². The summed E-state index contributed by atoms with van der Waals surface area (Å²) in [6.45, 7) is 7.91. The fourth-order valence-corrected chi connectivity index (χ4v) is 2.44. The van der Waals surface area contributed by atoms with Gasteiger partial charge in [0.05, 0.1) is 0 Å². The van der Waals surface area contributed by atoms with E-state index in [0.717, 1.165) is 6.42 Å². The van der Waals surface area contributed by atoms with Crippen LogP contribution in [0.15, 0.2) is 48.5 Å². The van der Waals surface area contributed by atoms with Crippen molar-refractivity contribution in [2.75, 3.05) is 17.2 Å². The molecule has 5 heteroatoms. The van der Waals surface area contributed by atoms with Gasteiger partial charge in [-0.1, -0.05) is 45.9 Å². The van der Waals surface area contributed by atoms with Crippen LogP contribution < -0.4 is 15.4 Å². The van der Waals surface area contributed by atoms with Crippen LogP contribution in [0.2, 0.25) is 0 Å². The van der Waals surface area contributed by atoms with Gasteiger partial charge >= 0.3 is 0 Å². The molecule has 0 saturated heterocycles. The van der Waals surface area contributed by atoms with Crippen LogP contribution >= 0.6 is 0 Å². The van der Waals surface area contributed by atoms with Gasteiger partial charge in [0.15, 0.2) is 6.61 Å². The summed E-state index contributed by atoms with van der Waals surface area (Å²) in [5, 5.41) is 5.59. The molecule has 2 N–H and O–H groups in total. The summed E-state index contributed by atoms with van der Waals surface area (Å²) in [4.78, 5) is 23.9. The zero-order chi connectivity index (χ0) is 19.8. The molecule has 144 valence electrons. The van der Waals surface area contributed by atoms with E-state index in [9.17, 15) is 9.59 Å². The lowest BCUT2D eigenvalue weighted by molar-refractivity contribution is -0.119. The van der Waals surface area contributed by atoms with Crippen LogP contribution in [0.25, 0.3) is 0 Å². The number of carbonyl (C=O) groups is 2. The summed E-state index contributed by atoms with van der Waals surface area (Å²) in [7, 11) is 0. The smallest absolute Gasteiger partial charge is 0.262 e. The van der Waals surface area contributed by atoms with Gasteiger partial charge in [0.25, 0.3) is 5.91 Å². The number of anilines is 2. The van der Waals surface area contributed by atoms with E-state index >= 15 is 0 Å². The Morgan fingerprint density at radius 3 is 2.19 bits per heavy atom. The van der Waals surface area contributed by atoms with E-state index in [1.165, 1.54) is 5.56 Å². The maximum atomic E-state index is 12.1. The Morgan fingerprint density at radius 2 is 1.59 bits per heavy atom. The minimum absolute atomic E-state index is 0.0670.